The van der Waals surface area contributed by atoms with E-state index in [9.17, 15) is 20.3 Å². The normalized spacial score (nSPS) is 17.7. The fourth-order valence-electron chi connectivity index (χ4n) is 7.01. The van der Waals surface area contributed by atoms with Crippen molar-refractivity contribution >= 4 is 29.2 Å². The number of β-amino-alcohol motifs (C(OH)–C–C–N with tert-alkyl or cyclic N) is 1. The second-order valence-electron chi connectivity index (χ2n) is 13.6. The largest absolute Gasteiger partial charge is 0.492 e. The van der Waals surface area contributed by atoms with Crippen LogP contribution in [0, 0.1) is 18.3 Å². The molecule has 2 unspecified atom stereocenters. The van der Waals surface area contributed by atoms with E-state index in [0.29, 0.717) is 71.1 Å². The van der Waals surface area contributed by atoms with Crippen LogP contribution in [0.5, 0.6) is 17.2 Å². The lowest BCUT2D eigenvalue weighted by Gasteiger charge is -2.33. The van der Waals surface area contributed by atoms with Crippen molar-refractivity contribution in [2.24, 2.45) is 0 Å². The first kappa shape index (κ1) is 38.4. The van der Waals surface area contributed by atoms with Gasteiger partial charge in [-0.25, -0.2) is 0 Å². The van der Waals surface area contributed by atoms with Crippen LogP contribution in [-0.2, 0) is 24.6 Å². The molecule has 278 valence electrons. The Morgan fingerprint density at radius 3 is 2.51 bits per heavy atom. The van der Waals surface area contributed by atoms with Crippen LogP contribution >= 0.6 is 23.2 Å². The van der Waals surface area contributed by atoms with Gasteiger partial charge in [0.2, 0.25) is 0 Å². The van der Waals surface area contributed by atoms with Crippen molar-refractivity contribution in [2.75, 3.05) is 32.8 Å². The molecule has 0 aliphatic carbocycles. The first-order valence-corrected chi connectivity index (χ1v) is 18.7. The lowest BCUT2D eigenvalue weighted by atomic mass is 9.99. The van der Waals surface area contributed by atoms with E-state index in [1.54, 1.807) is 12.3 Å². The lowest BCUT2D eigenvalue weighted by molar-refractivity contribution is -0.144. The number of piperidine rings is 1. The molecule has 10 nitrogen and oxygen atoms in total. The summed E-state index contributed by atoms with van der Waals surface area (Å²) in [5.74, 6) is 0.996. The fraction of sp³-hybridized carbons (Fsp3) is 0.390. The third-order valence-corrected chi connectivity index (χ3v) is 10.6. The van der Waals surface area contributed by atoms with Crippen molar-refractivity contribution in [3.63, 3.8) is 0 Å². The molecule has 3 heterocycles. The second kappa shape index (κ2) is 18.1. The molecule has 0 spiro atoms. The van der Waals surface area contributed by atoms with Crippen molar-refractivity contribution in [3.8, 4) is 34.4 Å². The number of carbonyl (C=O) groups is 1. The maximum absolute atomic E-state index is 12.1. The van der Waals surface area contributed by atoms with Gasteiger partial charge in [0, 0.05) is 65.8 Å². The maximum atomic E-state index is 12.1. The van der Waals surface area contributed by atoms with Crippen LogP contribution in [0.2, 0.25) is 10.0 Å². The molecule has 4 aromatic rings. The highest BCUT2D eigenvalue weighted by Crippen LogP contribution is 2.40. The molecule has 3 aromatic carbocycles. The third-order valence-electron chi connectivity index (χ3n) is 9.86. The molecule has 2 saturated heterocycles. The van der Waals surface area contributed by atoms with Crippen LogP contribution in [0.3, 0.4) is 0 Å². The summed E-state index contributed by atoms with van der Waals surface area (Å²) in [6.45, 7) is 6.32. The van der Waals surface area contributed by atoms with E-state index < -0.39 is 12.0 Å². The van der Waals surface area contributed by atoms with Gasteiger partial charge in [0.15, 0.2) is 0 Å². The predicted octanol–water partition coefficient (Wildman–Crippen LogP) is 7.67. The molecule has 0 amide bonds. The third kappa shape index (κ3) is 9.79. The molecular weight excluding hydrogens is 715 g/mol. The smallest absolute Gasteiger partial charge is 0.320 e. The summed E-state index contributed by atoms with van der Waals surface area (Å²) >= 11 is 13.8. The number of nitrogens with zero attached hydrogens (tertiary/aromatic N) is 4. The van der Waals surface area contributed by atoms with Gasteiger partial charge in [-0.2, -0.15) is 5.26 Å². The molecule has 0 saturated carbocycles. The number of rotatable bonds is 15. The average Bonchev–Trinajstić information content (AvgIpc) is 3.58. The second-order valence-corrected chi connectivity index (χ2v) is 14.4. The zero-order chi connectivity index (χ0) is 37.3. The summed E-state index contributed by atoms with van der Waals surface area (Å²) in [7, 11) is 0. The Balaban J connectivity index is 1.18. The predicted molar refractivity (Wildman–Crippen MR) is 204 cm³/mol. The van der Waals surface area contributed by atoms with Gasteiger partial charge in [-0.05, 0) is 80.6 Å². The topological polar surface area (TPSA) is 128 Å². The van der Waals surface area contributed by atoms with E-state index in [1.165, 1.54) is 6.20 Å². The van der Waals surface area contributed by atoms with Crippen molar-refractivity contribution in [2.45, 2.75) is 70.9 Å². The number of carboxylic acid groups (broad SMARTS) is 1. The van der Waals surface area contributed by atoms with Gasteiger partial charge in [0.1, 0.15) is 42.6 Å². The van der Waals surface area contributed by atoms with E-state index in [4.69, 9.17) is 37.4 Å². The molecule has 0 radical (unpaired) electrons. The van der Waals surface area contributed by atoms with Crippen LogP contribution in [0.15, 0.2) is 67.0 Å². The van der Waals surface area contributed by atoms with Crippen LogP contribution in [0.4, 0.5) is 0 Å². The number of hydrogen-bond acceptors (Lipinski definition) is 9. The van der Waals surface area contributed by atoms with Crippen LogP contribution in [0.25, 0.3) is 11.1 Å². The van der Waals surface area contributed by atoms with Gasteiger partial charge in [-0.3, -0.25) is 14.7 Å². The number of halogens is 2. The summed E-state index contributed by atoms with van der Waals surface area (Å²) in [5, 5.41) is 30.0. The van der Waals surface area contributed by atoms with Crippen molar-refractivity contribution in [3.05, 3.63) is 105 Å². The minimum absolute atomic E-state index is 0.150. The highest BCUT2D eigenvalue weighted by atomic mass is 35.5. The SMILES string of the molecule is Cc1c(OCc2cc(OCc3cncc(C#N)c3)c(CN3CCCCC3C(=O)O)cc2Cl)cccc1-c1cccc(OCCCN2CCC(O)C2)c1Cl. The van der Waals surface area contributed by atoms with E-state index in [1.807, 2.05) is 60.4 Å². The van der Waals surface area contributed by atoms with Crippen molar-refractivity contribution in [1.29, 1.82) is 5.26 Å². The Morgan fingerprint density at radius 1 is 0.943 bits per heavy atom. The number of ether oxygens (including phenoxy) is 3. The van der Waals surface area contributed by atoms with E-state index >= 15 is 0 Å². The van der Waals surface area contributed by atoms with Crippen LogP contribution in [0.1, 0.15) is 59.9 Å². The van der Waals surface area contributed by atoms with Crippen LogP contribution < -0.4 is 14.2 Å². The Kier molecular flexibility index (Phi) is 13.1. The number of aliphatic hydroxyl groups excluding tert-OH is 1. The first-order valence-electron chi connectivity index (χ1n) is 18.0. The van der Waals surface area contributed by atoms with E-state index in [2.05, 4.69) is 16.0 Å². The molecule has 12 heteroatoms. The molecule has 6 rings (SSSR count). The molecular formula is C41H44Cl2N4O6. The summed E-state index contributed by atoms with van der Waals surface area (Å²) < 4.78 is 18.8. The van der Waals surface area contributed by atoms with E-state index in [0.717, 1.165) is 66.6 Å². The minimum Gasteiger partial charge on any atom is -0.492 e. The number of likely N-dealkylation sites (tertiary alicyclic amines) is 2. The van der Waals surface area contributed by atoms with Gasteiger partial charge in [0.25, 0.3) is 0 Å². The van der Waals surface area contributed by atoms with Gasteiger partial charge < -0.3 is 29.3 Å². The first-order chi connectivity index (χ1) is 25.7. The highest BCUT2D eigenvalue weighted by Gasteiger charge is 2.29. The zero-order valence-corrected chi connectivity index (χ0v) is 31.3. The van der Waals surface area contributed by atoms with Gasteiger partial charge >= 0.3 is 5.97 Å². The Hall–Kier alpha value is -4.37. The number of carboxylic acids is 1. The molecule has 0 bridgehead atoms. The Labute approximate surface area is 320 Å². The monoisotopic (exact) mass is 758 g/mol. The number of aliphatic hydroxyl groups is 1. The fourth-order valence-corrected chi connectivity index (χ4v) is 7.53. The molecule has 53 heavy (non-hydrogen) atoms. The van der Waals surface area contributed by atoms with Gasteiger partial charge in [-0.15, -0.1) is 0 Å². The lowest BCUT2D eigenvalue weighted by Crippen LogP contribution is -2.44. The van der Waals surface area contributed by atoms with Crippen molar-refractivity contribution in [1.82, 2.24) is 14.8 Å². The van der Waals surface area contributed by atoms with Gasteiger partial charge in [0.05, 0.1) is 23.3 Å². The minimum atomic E-state index is -0.837. The quantitative estimate of drug-likeness (QED) is 0.117. The number of pyridine rings is 1. The van der Waals surface area contributed by atoms with Crippen LogP contribution in [-0.4, -0.2) is 75.9 Å². The molecule has 2 atom stereocenters. The molecule has 2 N–H and O–H groups in total. The summed E-state index contributed by atoms with van der Waals surface area (Å²) in [6.07, 6.45) is 6.93. The standard InChI is InChI=1S/C41H44Cl2N4O6/c1-27-33(34-8-5-11-38(40(34)43)51-16-6-13-46-15-12-32(48)24-46)7-4-10-37(27)53-26-31-19-39(52-25-29-17-28(20-44)21-45-22-29)30(18-35(31)42)23-47-14-3-2-9-36(47)41(49)50/h4-5,7-8,10-11,17-19,21-22,32,36,48H,2-3,6,9,12-16,23-26H2,1H3,(H,49,50). The van der Waals surface area contributed by atoms with Gasteiger partial charge in [-0.1, -0.05) is 53.9 Å². The van der Waals surface area contributed by atoms with E-state index in [-0.39, 0.29) is 19.3 Å². The summed E-state index contributed by atoms with van der Waals surface area (Å²) in [5.41, 5.74) is 5.27. The Morgan fingerprint density at radius 2 is 1.74 bits per heavy atom. The average molecular weight is 760 g/mol. The Bertz CT molecular complexity index is 1950. The maximum Gasteiger partial charge on any atom is 0.320 e. The summed E-state index contributed by atoms with van der Waals surface area (Å²) in [6, 6.07) is 18.5. The summed E-state index contributed by atoms with van der Waals surface area (Å²) in [4.78, 5) is 20.4. The molecule has 2 aliphatic rings. The number of hydrogen-bond donors (Lipinski definition) is 2. The zero-order valence-electron chi connectivity index (χ0n) is 29.8. The highest BCUT2D eigenvalue weighted by molar-refractivity contribution is 6.35. The molecule has 1 aromatic heterocycles. The molecule has 2 aliphatic heterocycles. The number of aromatic nitrogens is 1. The number of nitriles is 1. The van der Waals surface area contributed by atoms with Crippen molar-refractivity contribution < 1.29 is 29.2 Å². The number of benzene rings is 3. The number of aliphatic carboxylic acids is 1. The molecule has 2 fully saturated rings.